The second kappa shape index (κ2) is 4.93. The molecular formula is C17H14ClNO4. The number of hydrogen-bond donors (Lipinski definition) is 0. The van der Waals surface area contributed by atoms with Crippen molar-refractivity contribution in [3.05, 3.63) is 40.9 Å². The number of halogens is 1. The molecule has 1 aromatic carbocycles. The lowest BCUT2D eigenvalue weighted by Crippen LogP contribution is -2.33. The zero-order valence-electron chi connectivity index (χ0n) is 12.4. The Morgan fingerprint density at radius 2 is 1.78 bits per heavy atom. The van der Waals surface area contributed by atoms with Crippen LogP contribution >= 0.6 is 11.6 Å². The van der Waals surface area contributed by atoms with Crippen LogP contribution in [0.25, 0.3) is 0 Å². The Bertz CT molecular complexity index is 742. The van der Waals surface area contributed by atoms with Crippen LogP contribution in [0.3, 0.4) is 0 Å². The second-order valence-corrected chi connectivity index (χ2v) is 6.57. The number of anilines is 1. The van der Waals surface area contributed by atoms with E-state index < -0.39 is 5.97 Å². The van der Waals surface area contributed by atoms with Crippen LogP contribution < -0.4 is 4.90 Å². The van der Waals surface area contributed by atoms with Crippen LogP contribution in [0.5, 0.6) is 0 Å². The minimum absolute atomic E-state index is 0.144. The van der Waals surface area contributed by atoms with E-state index in [1.54, 1.807) is 6.07 Å². The fourth-order valence-electron chi connectivity index (χ4n) is 4.08. The molecule has 1 heterocycles. The maximum Gasteiger partial charge on any atom is 0.339 e. The predicted molar refractivity (Wildman–Crippen MR) is 83.0 cm³/mol. The van der Waals surface area contributed by atoms with Crippen molar-refractivity contribution < 1.29 is 19.1 Å². The van der Waals surface area contributed by atoms with Gasteiger partial charge in [-0.1, -0.05) is 23.8 Å². The SMILES string of the molecule is COC(=O)c1cc(N2C(=O)[C@@H]3[C@H](C2=O)[C@H]2C=C[C@H]3C2)ccc1Cl. The van der Waals surface area contributed by atoms with Crippen LogP contribution in [0, 0.1) is 23.7 Å². The minimum Gasteiger partial charge on any atom is -0.465 e. The number of rotatable bonds is 2. The Morgan fingerprint density at radius 1 is 1.17 bits per heavy atom. The number of allylic oxidation sites excluding steroid dienone is 2. The number of fused-ring (bicyclic) bond motifs is 5. The molecule has 0 radical (unpaired) electrons. The van der Waals surface area contributed by atoms with Crippen LogP contribution in [-0.2, 0) is 14.3 Å². The molecule has 2 bridgehead atoms. The van der Waals surface area contributed by atoms with Gasteiger partial charge in [0, 0.05) is 0 Å². The van der Waals surface area contributed by atoms with Gasteiger partial charge in [0.15, 0.2) is 0 Å². The molecule has 23 heavy (non-hydrogen) atoms. The molecule has 6 heteroatoms. The van der Waals surface area contributed by atoms with E-state index in [1.165, 1.54) is 24.1 Å². The Hall–Kier alpha value is -2.14. The first-order valence-electron chi connectivity index (χ1n) is 7.47. The van der Waals surface area contributed by atoms with Crippen molar-refractivity contribution in [3.63, 3.8) is 0 Å². The van der Waals surface area contributed by atoms with E-state index in [9.17, 15) is 14.4 Å². The number of amides is 2. The lowest BCUT2D eigenvalue weighted by atomic mass is 9.85. The van der Waals surface area contributed by atoms with Crippen molar-refractivity contribution in [2.75, 3.05) is 12.0 Å². The van der Waals surface area contributed by atoms with E-state index in [0.29, 0.717) is 5.69 Å². The fraction of sp³-hybridized carbons (Fsp3) is 0.353. The van der Waals surface area contributed by atoms with E-state index in [-0.39, 0.29) is 46.1 Å². The highest BCUT2D eigenvalue weighted by molar-refractivity contribution is 6.34. The van der Waals surface area contributed by atoms with Crippen molar-refractivity contribution in [2.24, 2.45) is 23.7 Å². The molecule has 1 aliphatic heterocycles. The highest BCUT2D eigenvalue weighted by Gasteiger charge is 2.59. The molecule has 2 fully saturated rings. The third-order valence-electron chi connectivity index (χ3n) is 5.08. The molecular weight excluding hydrogens is 318 g/mol. The molecule has 118 valence electrons. The Kier molecular flexibility index (Phi) is 3.10. The summed E-state index contributed by atoms with van der Waals surface area (Å²) in [5.41, 5.74) is 0.518. The minimum atomic E-state index is -0.599. The summed E-state index contributed by atoms with van der Waals surface area (Å²) in [4.78, 5) is 38.5. The summed E-state index contributed by atoms with van der Waals surface area (Å²) in [7, 11) is 1.26. The number of benzene rings is 1. The molecule has 3 aliphatic rings. The summed E-state index contributed by atoms with van der Waals surface area (Å²) < 4.78 is 4.69. The lowest BCUT2D eigenvalue weighted by Gasteiger charge is -2.18. The number of ether oxygens (including phenoxy) is 1. The monoisotopic (exact) mass is 331 g/mol. The smallest absolute Gasteiger partial charge is 0.339 e. The molecule has 1 saturated carbocycles. The quantitative estimate of drug-likeness (QED) is 0.474. The zero-order chi connectivity index (χ0) is 16.3. The average Bonchev–Trinajstić information content (AvgIpc) is 3.22. The molecule has 0 unspecified atom stereocenters. The summed E-state index contributed by atoms with van der Waals surface area (Å²) in [6.45, 7) is 0. The molecule has 4 rings (SSSR count). The first-order chi connectivity index (χ1) is 11.0. The molecule has 0 N–H and O–H groups in total. The maximum atomic E-state index is 12.7. The number of imide groups is 1. The number of carbonyl (C=O) groups is 3. The zero-order valence-corrected chi connectivity index (χ0v) is 13.1. The number of methoxy groups -OCH3 is 1. The molecule has 0 aromatic heterocycles. The molecule has 1 aromatic rings. The molecule has 4 atom stereocenters. The third kappa shape index (κ3) is 1.89. The molecule has 1 saturated heterocycles. The van der Waals surface area contributed by atoms with E-state index in [0.717, 1.165) is 6.42 Å². The Labute approximate surface area is 137 Å². The molecule has 2 aliphatic carbocycles. The first-order valence-corrected chi connectivity index (χ1v) is 7.84. The number of esters is 1. The average molecular weight is 332 g/mol. The maximum absolute atomic E-state index is 12.7. The van der Waals surface area contributed by atoms with E-state index in [1.807, 2.05) is 12.2 Å². The second-order valence-electron chi connectivity index (χ2n) is 6.17. The lowest BCUT2D eigenvalue weighted by molar-refractivity contribution is -0.123. The fourth-order valence-corrected chi connectivity index (χ4v) is 4.27. The van der Waals surface area contributed by atoms with E-state index in [2.05, 4.69) is 4.74 Å². The Balaban J connectivity index is 1.73. The summed E-state index contributed by atoms with van der Waals surface area (Å²) in [6.07, 6.45) is 4.97. The molecule has 0 spiro atoms. The van der Waals surface area contributed by atoms with Crippen molar-refractivity contribution in [2.45, 2.75) is 6.42 Å². The largest absolute Gasteiger partial charge is 0.465 e. The van der Waals surface area contributed by atoms with Crippen molar-refractivity contribution >= 4 is 35.1 Å². The van der Waals surface area contributed by atoms with Gasteiger partial charge in [-0.25, -0.2) is 9.69 Å². The van der Waals surface area contributed by atoms with Gasteiger partial charge in [-0.2, -0.15) is 0 Å². The molecule has 2 amide bonds. The predicted octanol–water partition coefficient (Wildman–Crippen LogP) is 2.44. The van der Waals surface area contributed by atoms with Crippen molar-refractivity contribution in [1.82, 2.24) is 0 Å². The summed E-state index contributed by atoms with van der Waals surface area (Å²) in [6, 6.07) is 4.53. The van der Waals surface area contributed by atoms with Gasteiger partial charge in [0.25, 0.3) is 0 Å². The Morgan fingerprint density at radius 3 is 2.35 bits per heavy atom. The van der Waals surface area contributed by atoms with Gasteiger partial charge < -0.3 is 4.74 Å². The van der Waals surface area contributed by atoms with E-state index >= 15 is 0 Å². The van der Waals surface area contributed by atoms with Crippen molar-refractivity contribution in [1.29, 1.82) is 0 Å². The summed E-state index contributed by atoms with van der Waals surface area (Å²) >= 11 is 6.00. The van der Waals surface area contributed by atoms with E-state index in [4.69, 9.17) is 11.6 Å². The van der Waals surface area contributed by atoms with Crippen LogP contribution in [0.1, 0.15) is 16.8 Å². The topological polar surface area (TPSA) is 63.7 Å². The van der Waals surface area contributed by atoms with Gasteiger partial charge in [0.1, 0.15) is 0 Å². The van der Waals surface area contributed by atoms with Crippen LogP contribution in [0.4, 0.5) is 5.69 Å². The van der Waals surface area contributed by atoms with Crippen LogP contribution in [0.2, 0.25) is 5.02 Å². The molecule has 5 nitrogen and oxygen atoms in total. The number of carbonyl (C=O) groups excluding carboxylic acids is 3. The number of hydrogen-bond acceptors (Lipinski definition) is 4. The van der Waals surface area contributed by atoms with Gasteiger partial charge in [0.05, 0.1) is 35.2 Å². The highest BCUT2D eigenvalue weighted by atomic mass is 35.5. The van der Waals surface area contributed by atoms with Gasteiger partial charge in [0.2, 0.25) is 11.8 Å². The van der Waals surface area contributed by atoms with Crippen molar-refractivity contribution in [3.8, 4) is 0 Å². The normalized spacial score (nSPS) is 31.0. The van der Waals surface area contributed by atoms with Gasteiger partial charge >= 0.3 is 5.97 Å². The standard InChI is InChI=1S/C17H14ClNO4/c1-23-17(22)11-7-10(4-5-12(11)18)19-15(20)13-8-2-3-9(6-8)14(13)16(19)21/h2-5,7-9,13-14H,6H2,1H3/t8-,9-,13-,14+/m0/s1. The van der Waals surface area contributed by atoms with Crippen LogP contribution in [-0.4, -0.2) is 24.9 Å². The number of nitrogens with zero attached hydrogens (tertiary/aromatic N) is 1. The summed E-state index contributed by atoms with van der Waals surface area (Å²) in [5, 5.41) is 0.224. The first kappa shape index (κ1) is 14.5. The van der Waals surface area contributed by atoms with Gasteiger partial charge in [-0.05, 0) is 36.5 Å². The van der Waals surface area contributed by atoms with Crippen LogP contribution in [0.15, 0.2) is 30.4 Å². The van der Waals surface area contributed by atoms with Gasteiger partial charge in [-0.15, -0.1) is 0 Å². The van der Waals surface area contributed by atoms with Gasteiger partial charge in [-0.3, -0.25) is 9.59 Å². The summed E-state index contributed by atoms with van der Waals surface area (Å²) in [5.74, 6) is -1.20. The third-order valence-corrected chi connectivity index (χ3v) is 5.41. The highest BCUT2D eigenvalue weighted by Crippen LogP contribution is 2.53.